The molecule has 126 valence electrons. The smallest absolute Gasteiger partial charge is 0.387 e. The average Bonchev–Trinajstić information content (AvgIpc) is 2.80. The first kappa shape index (κ1) is 17.5. The molecule has 1 unspecified atom stereocenters. The molecule has 0 bridgehead atoms. The molecule has 1 aromatic carbocycles. The quantitative estimate of drug-likeness (QED) is 0.662. The van der Waals surface area contributed by atoms with Gasteiger partial charge in [0.2, 0.25) is 5.16 Å². The average molecular weight is 342 g/mol. The Bertz CT molecular complexity index is 652. The number of nitrogen functional groups attached to an aromatic ring is 1. The van der Waals surface area contributed by atoms with E-state index in [1.807, 2.05) is 27.7 Å². The summed E-state index contributed by atoms with van der Waals surface area (Å²) in [4.78, 5) is 0. The molecule has 0 aliphatic heterocycles. The number of rotatable bonds is 5. The van der Waals surface area contributed by atoms with Crippen LogP contribution in [-0.4, -0.2) is 21.5 Å². The lowest BCUT2D eigenvalue weighted by atomic mass is 9.96. The van der Waals surface area contributed by atoms with E-state index in [1.165, 1.54) is 28.6 Å². The number of ether oxygens (including phenoxy) is 1. The fourth-order valence-corrected chi connectivity index (χ4v) is 2.91. The van der Waals surface area contributed by atoms with E-state index < -0.39 is 6.61 Å². The highest BCUT2D eigenvalue weighted by Crippen LogP contribution is 2.35. The van der Waals surface area contributed by atoms with E-state index >= 15 is 0 Å². The van der Waals surface area contributed by atoms with Crippen LogP contribution in [0.5, 0.6) is 5.75 Å². The molecule has 0 aliphatic rings. The Kier molecular flexibility index (Phi) is 5.13. The second-order valence-electron chi connectivity index (χ2n) is 6.13. The van der Waals surface area contributed by atoms with Crippen molar-refractivity contribution in [3.63, 3.8) is 0 Å². The number of hydrogen-bond donors (Lipinski definition) is 1. The number of hydrogen-bond acceptors (Lipinski definition) is 5. The Morgan fingerprint density at radius 3 is 2.26 bits per heavy atom. The third-order valence-electron chi connectivity index (χ3n) is 3.19. The molecule has 1 atom stereocenters. The van der Waals surface area contributed by atoms with Crippen LogP contribution in [0, 0.1) is 0 Å². The van der Waals surface area contributed by atoms with E-state index in [9.17, 15) is 8.78 Å². The van der Waals surface area contributed by atoms with Gasteiger partial charge in [-0.25, -0.2) is 4.68 Å². The first-order valence-electron chi connectivity index (χ1n) is 7.11. The van der Waals surface area contributed by atoms with Crippen molar-refractivity contribution >= 4 is 11.8 Å². The summed E-state index contributed by atoms with van der Waals surface area (Å²) in [6.07, 6.45) is 0. The first-order valence-corrected chi connectivity index (χ1v) is 7.99. The fraction of sp³-hybridized carbons (Fsp3) is 0.467. The van der Waals surface area contributed by atoms with Gasteiger partial charge in [0, 0.05) is 10.7 Å². The Morgan fingerprint density at radius 2 is 1.78 bits per heavy atom. The normalized spacial score (nSPS) is 13.3. The monoisotopic (exact) mass is 342 g/mol. The standard InChI is InChI=1S/C15H20F2N4OS/c1-9(10-5-7-11(8-6-10)22-13(16)17)23-14-20-19-12(21(14)18)15(2,3)4/h5-9,13H,18H2,1-4H3. The van der Waals surface area contributed by atoms with Crippen molar-refractivity contribution in [2.45, 2.75) is 50.1 Å². The Balaban J connectivity index is 2.10. The second kappa shape index (κ2) is 6.74. The molecule has 1 heterocycles. The first-order chi connectivity index (χ1) is 10.7. The minimum absolute atomic E-state index is 0.0370. The maximum atomic E-state index is 12.2. The molecule has 0 fully saturated rings. The van der Waals surface area contributed by atoms with E-state index in [2.05, 4.69) is 14.9 Å². The third-order valence-corrected chi connectivity index (χ3v) is 4.31. The molecule has 0 aliphatic carbocycles. The Hall–Kier alpha value is -1.83. The van der Waals surface area contributed by atoms with Gasteiger partial charge in [0.25, 0.3) is 0 Å². The molecule has 2 aromatic rings. The number of nitrogens with zero attached hydrogens (tertiary/aromatic N) is 3. The molecule has 8 heteroatoms. The van der Waals surface area contributed by atoms with Crippen molar-refractivity contribution < 1.29 is 13.5 Å². The van der Waals surface area contributed by atoms with Crippen LogP contribution in [0.2, 0.25) is 0 Å². The van der Waals surface area contributed by atoms with Crippen molar-refractivity contribution in [3.05, 3.63) is 35.7 Å². The number of aromatic nitrogens is 3. The lowest BCUT2D eigenvalue weighted by molar-refractivity contribution is -0.0498. The van der Waals surface area contributed by atoms with Crippen LogP contribution < -0.4 is 10.6 Å². The van der Waals surface area contributed by atoms with Crippen molar-refractivity contribution in [3.8, 4) is 5.75 Å². The van der Waals surface area contributed by atoms with Crippen LogP contribution in [0.1, 0.15) is 44.3 Å². The van der Waals surface area contributed by atoms with Crippen molar-refractivity contribution in [2.24, 2.45) is 0 Å². The topological polar surface area (TPSA) is 66.0 Å². The molecular formula is C15H20F2N4OS. The van der Waals surface area contributed by atoms with Crippen LogP contribution in [0.3, 0.4) is 0 Å². The van der Waals surface area contributed by atoms with E-state index in [0.29, 0.717) is 11.0 Å². The Labute approximate surface area is 138 Å². The van der Waals surface area contributed by atoms with Gasteiger partial charge in [-0.2, -0.15) is 8.78 Å². The molecule has 0 spiro atoms. The highest BCUT2D eigenvalue weighted by atomic mass is 32.2. The van der Waals surface area contributed by atoms with Gasteiger partial charge in [0.05, 0.1) is 0 Å². The summed E-state index contributed by atoms with van der Waals surface area (Å²) >= 11 is 1.46. The lowest BCUT2D eigenvalue weighted by Crippen LogP contribution is -2.24. The molecule has 5 nitrogen and oxygen atoms in total. The van der Waals surface area contributed by atoms with E-state index in [4.69, 9.17) is 5.84 Å². The SMILES string of the molecule is CC(Sc1nnc(C(C)(C)C)n1N)c1ccc(OC(F)F)cc1. The molecule has 0 amide bonds. The van der Waals surface area contributed by atoms with E-state index in [0.717, 1.165) is 5.56 Å². The number of thioether (sulfide) groups is 1. The van der Waals surface area contributed by atoms with Gasteiger partial charge in [0.1, 0.15) is 5.75 Å². The zero-order valence-electron chi connectivity index (χ0n) is 13.5. The summed E-state index contributed by atoms with van der Waals surface area (Å²) in [5, 5.41) is 8.92. The van der Waals surface area contributed by atoms with E-state index in [-0.39, 0.29) is 16.4 Å². The van der Waals surface area contributed by atoms with Crippen LogP contribution in [0.4, 0.5) is 8.78 Å². The predicted molar refractivity (Wildman–Crippen MR) is 86.2 cm³/mol. The van der Waals surface area contributed by atoms with Crippen molar-refractivity contribution in [1.29, 1.82) is 0 Å². The van der Waals surface area contributed by atoms with Gasteiger partial charge in [-0.05, 0) is 24.6 Å². The molecule has 2 N–H and O–H groups in total. The third kappa shape index (κ3) is 4.34. The summed E-state index contributed by atoms with van der Waals surface area (Å²) in [6, 6.07) is 6.53. The molecule has 0 saturated carbocycles. The van der Waals surface area contributed by atoms with Gasteiger partial charge < -0.3 is 10.6 Å². The maximum Gasteiger partial charge on any atom is 0.387 e. The molecule has 23 heavy (non-hydrogen) atoms. The van der Waals surface area contributed by atoms with Crippen LogP contribution in [0.25, 0.3) is 0 Å². The molecule has 1 aromatic heterocycles. The van der Waals surface area contributed by atoms with Gasteiger partial charge >= 0.3 is 6.61 Å². The fourth-order valence-electron chi connectivity index (χ4n) is 2.02. The number of halogens is 2. The molecular weight excluding hydrogens is 322 g/mol. The zero-order chi connectivity index (χ0) is 17.2. The summed E-state index contributed by atoms with van der Waals surface area (Å²) < 4.78 is 30.1. The lowest BCUT2D eigenvalue weighted by Gasteiger charge is -2.17. The zero-order valence-corrected chi connectivity index (χ0v) is 14.3. The Morgan fingerprint density at radius 1 is 1.17 bits per heavy atom. The minimum Gasteiger partial charge on any atom is -0.435 e. The number of benzene rings is 1. The molecule has 0 saturated heterocycles. The van der Waals surface area contributed by atoms with Gasteiger partial charge in [-0.1, -0.05) is 44.7 Å². The summed E-state index contributed by atoms with van der Waals surface area (Å²) in [6.45, 7) is 5.21. The molecule has 2 rings (SSSR count). The number of nitrogens with two attached hydrogens (primary N) is 1. The van der Waals surface area contributed by atoms with Crippen LogP contribution >= 0.6 is 11.8 Å². The maximum absolute atomic E-state index is 12.2. The summed E-state index contributed by atoms with van der Waals surface area (Å²) in [7, 11) is 0. The van der Waals surface area contributed by atoms with Gasteiger partial charge in [-0.15, -0.1) is 10.2 Å². The molecule has 0 radical (unpaired) electrons. The van der Waals surface area contributed by atoms with Crippen molar-refractivity contribution in [1.82, 2.24) is 14.9 Å². The summed E-state index contributed by atoms with van der Waals surface area (Å²) in [5.41, 5.74) is 0.759. The van der Waals surface area contributed by atoms with Crippen LogP contribution in [-0.2, 0) is 5.41 Å². The van der Waals surface area contributed by atoms with Crippen molar-refractivity contribution in [2.75, 3.05) is 5.84 Å². The summed E-state index contributed by atoms with van der Waals surface area (Å²) in [5.74, 6) is 6.90. The largest absolute Gasteiger partial charge is 0.435 e. The minimum atomic E-state index is -2.82. The van der Waals surface area contributed by atoms with Gasteiger partial charge in [-0.3, -0.25) is 0 Å². The van der Waals surface area contributed by atoms with E-state index in [1.54, 1.807) is 12.1 Å². The highest BCUT2D eigenvalue weighted by molar-refractivity contribution is 7.99. The van der Waals surface area contributed by atoms with Crippen LogP contribution in [0.15, 0.2) is 29.4 Å². The predicted octanol–water partition coefficient (Wildman–Crippen LogP) is 3.74. The highest BCUT2D eigenvalue weighted by Gasteiger charge is 2.24. The second-order valence-corrected chi connectivity index (χ2v) is 7.44. The van der Waals surface area contributed by atoms with Gasteiger partial charge in [0.15, 0.2) is 5.82 Å². The number of alkyl halides is 2.